The first kappa shape index (κ1) is 11.5. The van der Waals surface area contributed by atoms with Crippen LogP contribution in [-0.2, 0) is 15.7 Å². The highest BCUT2D eigenvalue weighted by atomic mass is 16.6. The predicted molar refractivity (Wildman–Crippen MR) is 74.1 cm³/mol. The summed E-state index contributed by atoms with van der Waals surface area (Å²) in [6.45, 7) is 0. The highest BCUT2D eigenvalue weighted by Gasteiger charge is 2.27. The third-order valence-electron chi connectivity index (χ3n) is 3.57. The molecule has 0 spiro atoms. The van der Waals surface area contributed by atoms with E-state index in [0.717, 1.165) is 11.9 Å². The van der Waals surface area contributed by atoms with E-state index in [1.54, 1.807) is 14.2 Å². The van der Waals surface area contributed by atoms with Crippen molar-refractivity contribution in [2.45, 2.75) is 6.42 Å². The second-order valence-electron chi connectivity index (χ2n) is 4.51. The Bertz CT molecular complexity index is 576. The molecule has 0 unspecified atom stereocenters. The summed E-state index contributed by atoms with van der Waals surface area (Å²) < 4.78 is 10.8. The van der Waals surface area contributed by atoms with E-state index in [2.05, 4.69) is 42.5 Å². The largest absolute Gasteiger partial charge is 0.493 e. The van der Waals surface area contributed by atoms with Crippen molar-refractivity contribution in [2.24, 2.45) is 0 Å². The second-order valence-corrected chi connectivity index (χ2v) is 4.51. The molecule has 18 heavy (non-hydrogen) atoms. The molecule has 0 aromatic heterocycles. The van der Waals surface area contributed by atoms with Crippen LogP contribution in [-0.4, -0.2) is 21.3 Å². The van der Waals surface area contributed by atoms with Gasteiger partial charge in [0, 0.05) is 14.2 Å². The molecule has 2 aromatic carbocycles. The standard InChI is InChI=1S/C15H15BO2/c1-17-16(18-2)15-9-5-8-13-12-7-4-3-6-11(12)10-14(13)15/h3-9H,10H2,1-2H3. The lowest BCUT2D eigenvalue weighted by Crippen LogP contribution is -2.37. The van der Waals surface area contributed by atoms with Gasteiger partial charge in [0.15, 0.2) is 0 Å². The molecular formula is C15H15BO2. The van der Waals surface area contributed by atoms with E-state index < -0.39 is 0 Å². The minimum atomic E-state index is -0.283. The minimum absolute atomic E-state index is 0.283. The number of hydrogen-bond acceptors (Lipinski definition) is 2. The van der Waals surface area contributed by atoms with Gasteiger partial charge in [0.25, 0.3) is 0 Å². The van der Waals surface area contributed by atoms with E-state index in [1.807, 2.05) is 0 Å². The molecule has 0 N–H and O–H groups in total. The van der Waals surface area contributed by atoms with Crippen LogP contribution in [0.3, 0.4) is 0 Å². The van der Waals surface area contributed by atoms with Crippen LogP contribution in [0.5, 0.6) is 0 Å². The first-order chi connectivity index (χ1) is 8.85. The van der Waals surface area contributed by atoms with Gasteiger partial charge in [-0.25, -0.2) is 0 Å². The van der Waals surface area contributed by atoms with Gasteiger partial charge >= 0.3 is 7.12 Å². The van der Waals surface area contributed by atoms with Crippen LogP contribution in [0.4, 0.5) is 0 Å². The van der Waals surface area contributed by atoms with E-state index in [1.165, 1.54) is 22.3 Å². The van der Waals surface area contributed by atoms with Crippen LogP contribution in [0.25, 0.3) is 11.1 Å². The molecule has 2 nitrogen and oxygen atoms in total. The Kier molecular flexibility index (Phi) is 2.94. The Balaban J connectivity index is 2.14. The van der Waals surface area contributed by atoms with E-state index >= 15 is 0 Å². The highest BCUT2D eigenvalue weighted by Crippen LogP contribution is 2.35. The quantitative estimate of drug-likeness (QED) is 0.651. The van der Waals surface area contributed by atoms with Gasteiger partial charge in [0.2, 0.25) is 0 Å². The van der Waals surface area contributed by atoms with E-state index in [-0.39, 0.29) is 7.12 Å². The maximum atomic E-state index is 5.39. The van der Waals surface area contributed by atoms with Gasteiger partial charge in [-0.05, 0) is 34.1 Å². The van der Waals surface area contributed by atoms with E-state index in [9.17, 15) is 0 Å². The molecule has 3 heteroatoms. The second kappa shape index (κ2) is 4.60. The summed E-state index contributed by atoms with van der Waals surface area (Å²) in [5, 5.41) is 0. The molecule has 90 valence electrons. The Hall–Kier alpha value is -1.58. The molecule has 0 atom stereocenters. The highest BCUT2D eigenvalue weighted by molar-refractivity contribution is 6.62. The molecule has 3 rings (SSSR count). The summed E-state index contributed by atoms with van der Waals surface area (Å²) in [5.74, 6) is 0. The fourth-order valence-corrected chi connectivity index (χ4v) is 2.75. The fraction of sp³-hybridized carbons (Fsp3) is 0.200. The van der Waals surface area contributed by atoms with E-state index in [4.69, 9.17) is 9.31 Å². The molecule has 0 aliphatic heterocycles. The third kappa shape index (κ3) is 1.67. The van der Waals surface area contributed by atoms with E-state index in [0.29, 0.717) is 0 Å². The SMILES string of the molecule is COB(OC)c1cccc2c1Cc1ccccc1-2. The van der Waals surface area contributed by atoms with Crippen LogP contribution < -0.4 is 5.46 Å². The molecule has 1 aliphatic carbocycles. The zero-order chi connectivity index (χ0) is 12.5. The van der Waals surface area contributed by atoms with Crippen molar-refractivity contribution < 1.29 is 9.31 Å². The number of benzene rings is 2. The van der Waals surface area contributed by atoms with Crippen LogP contribution in [0, 0.1) is 0 Å². The molecule has 0 radical (unpaired) electrons. The molecule has 0 saturated heterocycles. The molecule has 0 bridgehead atoms. The van der Waals surface area contributed by atoms with Gasteiger partial charge in [-0.3, -0.25) is 0 Å². The van der Waals surface area contributed by atoms with Crippen LogP contribution >= 0.6 is 0 Å². The summed E-state index contributed by atoms with van der Waals surface area (Å²) in [7, 11) is 3.07. The summed E-state index contributed by atoms with van der Waals surface area (Å²) in [4.78, 5) is 0. The Labute approximate surface area is 108 Å². The lowest BCUT2D eigenvalue weighted by Gasteiger charge is -2.13. The molecule has 0 saturated carbocycles. The zero-order valence-electron chi connectivity index (χ0n) is 10.6. The zero-order valence-corrected chi connectivity index (χ0v) is 10.6. The monoisotopic (exact) mass is 238 g/mol. The molecule has 2 aromatic rings. The van der Waals surface area contributed by atoms with Crippen molar-refractivity contribution in [3.05, 3.63) is 53.6 Å². The average Bonchev–Trinajstić information content (AvgIpc) is 2.80. The van der Waals surface area contributed by atoms with Crippen molar-refractivity contribution >= 4 is 12.6 Å². The predicted octanol–water partition coefficient (Wildman–Crippen LogP) is 2.25. The summed E-state index contributed by atoms with van der Waals surface area (Å²) in [6.07, 6.45) is 0.963. The number of fused-ring (bicyclic) bond motifs is 3. The van der Waals surface area contributed by atoms with Gasteiger partial charge in [-0.15, -0.1) is 0 Å². The number of hydrogen-bond donors (Lipinski definition) is 0. The molecule has 0 fully saturated rings. The van der Waals surface area contributed by atoms with Gasteiger partial charge in [-0.2, -0.15) is 0 Å². The topological polar surface area (TPSA) is 18.5 Å². The first-order valence-electron chi connectivity index (χ1n) is 6.11. The fourth-order valence-electron chi connectivity index (χ4n) is 2.75. The average molecular weight is 238 g/mol. The first-order valence-corrected chi connectivity index (χ1v) is 6.11. The third-order valence-corrected chi connectivity index (χ3v) is 3.57. The van der Waals surface area contributed by atoms with Gasteiger partial charge in [0.1, 0.15) is 0 Å². The van der Waals surface area contributed by atoms with Gasteiger partial charge in [-0.1, -0.05) is 42.5 Å². The van der Waals surface area contributed by atoms with Crippen LogP contribution in [0.2, 0.25) is 0 Å². The van der Waals surface area contributed by atoms with Crippen molar-refractivity contribution in [1.29, 1.82) is 0 Å². The maximum Gasteiger partial charge on any atom is 0.493 e. The van der Waals surface area contributed by atoms with Crippen molar-refractivity contribution in [1.82, 2.24) is 0 Å². The van der Waals surface area contributed by atoms with Crippen molar-refractivity contribution in [3.63, 3.8) is 0 Å². The normalized spacial score (nSPS) is 12.1. The summed E-state index contributed by atoms with van der Waals surface area (Å²) in [6, 6.07) is 14.9. The van der Waals surface area contributed by atoms with Gasteiger partial charge in [0.05, 0.1) is 0 Å². The summed E-state index contributed by atoms with van der Waals surface area (Å²) >= 11 is 0. The van der Waals surface area contributed by atoms with Crippen molar-refractivity contribution in [3.8, 4) is 11.1 Å². The Morgan fingerprint density at radius 3 is 2.39 bits per heavy atom. The van der Waals surface area contributed by atoms with Crippen LogP contribution in [0.1, 0.15) is 11.1 Å². The molecule has 0 heterocycles. The molecule has 0 amide bonds. The molecular weight excluding hydrogens is 223 g/mol. The minimum Gasteiger partial charge on any atom is -0.410 e. The Morgan fingerprint density at radius 2 is 1.61 bits per heavy atom. The lowest BCUT2D eigenvalue weighted by molar-refractivity contribution is 0.291. The lowest BCUT2D eigenvalue weighted by atomic mass is 9.74. The van der Waals surface area contributed by atoms with Crippen LogP contribution in [0.15, 0.2) is 42.5 Å². The smallest absolute Gasteiger partial charge is 0.410 e. The Morgan fingerprint density at radius 1 is 0.889 bits per heavy atom. The molecule has 1 aliphatic rings. The van der Waals surface area contributed by atoms with Crippen molar-refractivity contribution in [2.75, 3.05) is 14.2 Å². The number of rotatable bonds is 3. The summed E-state index contributed by atoms with van der Waals surface area (Å²) in [5.41, 5.74) is 6.48. The maximum absolute atomic E-state index is 5.39. The van der Waals surface area contributed by atoms with Gasteiger partial charge < -0.3 is 9.31 Å².